The minimum Gasteiger partial charge on any atom is -0.495 e. The Morgan fingerprint density at radius 1 is 1.69 bits per heavy atom. The number of nitrogens with zero attached hydrogens (tertiary/aromatic N) is 1. The van der Waals surface area contributed by atoms with Crippen LogP contribution in [-0.2, 0) is 9.59 Å². The third-order valence-electron chi connectivity index (χ3n) is 2.03. The third kappa shape index (κ3) is 1.48. The first-order valence-electron chi connectivity index (χ1n) is 4.09. The number of hydrogen-bond acceptors (Lipinski definition) is 3. The van der Waals surface area contributed by atoms with Crippen LogP contribution in [0.1, 0.15) is 13.8 Å². The van der Waals surface area contributed by atoms with Crippen molar-refractivity contribution < 1.29 is 14.7 Å². The van der Waals surface area contributed by atoms with Gasteiger partial charge in [0.05, 0.1) is 0 Å². The van der Waals surface area contributed by atoms with Gasteiger partial charge in [-0.05, 0) is 13.0 Å². The highest BCUT2D eigenvalue weighted by Gasteiger charge is 2.29. The van der Waals surface area contributed by atoms with E-state index < -0.39 is 5.91 Å². The molecule has 0 spiro atoms. The summed E-state index contributed by atoms with van der Waals surface area (Å²) < 4.78 is 0. The third-order valence-corrected chi connectivity index (χ3v) is 2.03. The molecule has 13 heavy (non-hydrogen) atoms. The average Bonchev–Trinajstić information content (AvgIpc) is 2.04. The molecule has 0 saturated carbocycles. The molecule has 1 rings (SSSR count). The smallest absolute Gasteiger partial charge is 0.268 e. The zero-order chi connectivity index (χ0) is 10.0. The minimum atomic E-state index is -0.454. The molecule has 0 aliphatic carbocycles. The fraction of sp³-hybridized carbons (Fsp3) is 0.444. The van der Waals surface area contributed by atoms with Crippen LogP contribution < -0.4 is 0 Å². The first kappa shape index (κ1) is 9.55. The molecule has 0 radical (unpaired) electrons. The van der Waals surface area contributed by atoms with Crippen molar-refractivity contribution in [2.24, 2.45) is 5.92 Å². The first-order chi connectivity index (χ1) is 6.11. The molecular weight excluding hydrogens is 170 g/mol. The molecule has 1 unspecified atom stereocenters. The highest BCUT2D eigenvalue weighted by Crippen LogP contribution is 2.21. The molecule has 70 valence electrons. The van der Waals surface area contributed by atoms with E-state index in [9.17, 15) is 14.7 Å². The van der Waals surface area contributed by atoms with E-state index in [1.165, 1.54) is 6.08 Å². The van der Waals surface area contributed by atoms with Crippen molar-refractivity contribution in [3.63, 3.8) is 0 Å². The van der Waals surface area contributed by atoms with Gasteiger partial charge in [-0.25, -0.2) is 4.79 Å². The van der Waals surface area contributed by atoms with Crippen LogP contribution in [-0.4, -0.2) is 28.4 Å². The van der Waals surface area contributed by atoms with Gasteiger partial charge in [0.1, 0.15) is 11.5 Å². The number of rotatable bonds is 1. The zero-order valence-corrected chi connectivity index (χ0v) is 7.57. The molecule has 1 aliphatic heterocycles. The lowest BCUT2D eigenvalue weighted by atomic mass is 9.98. The monoisotopic (exact) mass is 181 g/mol. The van der Waals surface area contributed by atoms with Crippen molar-refractivity contribution in [2.45, 2.75) is 13.8 Å². The number of amides is 1. The van der Waals surface area contributed by atoms with Crippen molar-refractivity contribution in [2.75, 3.05) is 6.54 Å². The number of likely N-dealkylation sites (N-methyl/N-ethyl adjacent to an activating group) is 1. The van der Waals surface area contributed by atoms with Gasteiger partial charge in [0.15, 0.2) is 5.88 Å². The Hall–Kier alpha value is -1.54. The van der Waals surface area contributed by atoms with Crippen molar-refractivity contribution >= 4 is 11.8 Å². The van der Waals surface area contributed by atoms with Crippen LogP contribution >= 0.6 is 0 Å². The molecule has 0 bridgehead atoms. The summed E-state index contributed by atoms with van der Waals surface area (Å²) in [6.07, 6.45) is 1.46. The maximum Gasteiger partial charge on any atom is 0.268 e. The summed E-state index contributed by atoms with van der Waals surface area (Å²) in [5, 5.41) is 9.35. The molecule has 0 aromatic carbocycles. The summed E-state index contributed by atoms with van der Waals surface area (Å²) in [6.45, 7) is 3.74. The van der Waals surface area contributed by atoms with Gasteiger partial charge in [0.2, 0.25) is 0 Å². The van der Waals surface area contributed by atoms with E-state index in [0.29, 0.717) is 6.54 Å². The highest BCUT2D eigenvalue weighted by atomic mass is 16.3. The molecule has 0 aromatic rings. The zero-order valence-electron chi connectivity index (χ0n) is 7.57. The van der Waals surface area contributed by atoms with Gasteiger partial charge in [-0.3, -0.25) is 9.69 Å². The standard InChI is InChI=1S/C9H11NO3/c1-3-10-8(12)4-6(2)7(5-11)9(10)13/h4,6,12H,3H2,1-2H3. The van der Waals surface area contributed by atoms with Gasteiger partial charge in [0, 0.05) is 12.5 Å². The quantitative estimate of drug-likeness (QED) is 0.477. The average molecular weight is 181 g/mol. The van der Waals surface area contributed by atoms with Crippen LogP contribution in [0.15, 0.2) is 17.5 Å². The lowest BCUT2D eigenvalue weighted by molar-refractivity contribution is -0.127. The van der Waals surface area contributed by atoms with E-state index in [-0.39, 0.29) is 17.4 Å². The van der Waals surface area contributed by atoms with E-state index in [0.717, 1.165) is 4.90 Å². The predicted octanol–water partition coefficient (Wildman–Crippen LogP) is 0.642. The second kappa shape index (κ2) is 3.46. The van der Waals surface area contributed by atoms with Crippen molar-refractivity contribution in [1.29, 1.82) is 0 Å². The fourth-order valence-electron chi connectivity index (χ4n) is 1.28. The fourth-order valence-corrected chi connectivity index (χ4v) is 1.28. The molecule has 1 aliphatic rings. The Bertz CT molecular complexity index is 313. The summed E-state index contributed by atoms with van der Waals surface area (Å²) in [7, 11) is 0. The van der Waals surface area contributed by atoms with E-state index in [1.54, 1.807) is 19.8 Å². The number of aliphatic hydroxyl groups excluding tert-OH is 1. The van der Waals surface area contributed by atoms with Crippen molar-refractivity contribution in [1.82, 2.24) is 4.90 Å². The van der Waals surface area contributed by atoms with Crippen LogP contribution in [0.25, 0.3) is 0 Å². The van der Waals surface area contributed by atoms with Gasteiger partial charge in [-0.2, -0.15) is 0 Å². The van der Waals surface area contributed by atoms with E-state index in [2.05, 4.69) is 0 Å². The van der Waals surface area contributed by atoms with Crippen molar-refractivity contribution in [3.05, 3.63) is 17.5 Å². The summed E-state index contributed by atoms with van der Waals surface area (Å²) in [6, 6.07) is 0. The number of carbonyl (C=O) groups is 1. The molecule has 0 aromatic heterocycles. The maximum atomic E-state index is 11.4. The minimum absolute atomic E-state index is 0.0691. The van der Waals surface area contributed by atoms with E-state index in [1.807, 2.05) is 0 Å². The van der Waals surface area contributed by atoms with Crippen LogP contribution in [0.2, 0.25) is 0 Å². The first-order valence-corrected chi connectivity index (χ1v) is 4.09. The molecule has 1 atom stereocenters. The van der Waals surface area contributed by atoms with Crippen LogP contribution in [0, 0.1) is 5.92 Å². The molecular formula is C9H11NO3. The van der Waals surface area contributed by atoms with Gasteiger partial charge in [-0.15, -0.1) is 0 Å². The second-order valence-corrected chi connectivity index (χ2v) is 2.88. The predicted molar refractivity (Wildman–Crippen MR) is 46.5 cm³/mol. The van der Waals surface area contributed by atoms with E-state index >= 15 is 0 Å². The van der Waals surface area contributed by atoms with Gasteiger partial charge < -0.3 is 5.11 Å². The molecule has 4 nitrogen and oxygen atoms in total. The van der Waals surface area contributed by atoms with Gasteiger partial charge >= 0.3 is 0 Å². The van der Waals surface area contributed by atoms with Crippen molar-refractivity contribution in [3.8, 4) is 0 Å². The largest absolute Gasteiger partial charge is 0.495 e. The summed E-state index contributed by atoms with van der Waals surface area (Å²) in [5.74, 6) is 0.716. The maximum absolute atomic E-state index is 11.4. The van der Waals surface area contributed by atoms with Gasteiger partial charge in [0.25, 0.3) is 5.91 Å². The molecule has 1 N–H and O–H groups in total. The Morgan fingerprint density at radius 3 is 2.77 bits per heavy atom. The molecule has 4 heteroatoms. The Labute approximate surface area is 76.2 Å². The Balaban J connectivity index is 3.14. The lowest BCUT2D eigenvalue weighted by Crippen LogP contribution is -2.36. The highest BCUT2D eigenvalue weighted by molar-refractivity contribution is 6.03. The number of hydrogen-bond donors (Lipinski definition) is 1. The molecule has 1 amide bonds. The normalized spacial score (nSPS) is 22.8. The molecule has 1 heterocycles. The summed E-state index contributed by atoms with van der Waals surface area (Å²) in [5.41, 5.74) is 0.0691. The topological polar surface area (TPSA) is 57.6 Å². The number of aliphatic hydroxyl groups is 1. The summed E-state index contributed by atoms with van der Waals surface area (Å²) >= 11 is 0. The SMILES string of the molecule is CCN1C(=O)C(=C=O)C(C)C=C1O. The van der Waals surface area contributed by atoms with Gasteiger partial charge in [-0.1, -0.05) is 6.92 Å². The van der Waals surface area contributed by atoms with E-state index in [4.69, 9.17) is 0 Å². The Kier molecular flexibility index (Phi) is 2.54. The van der Waals surface area contributed by atoms with Crippen LogP contribution in [0.5, 0.6) is 0 Å². The van der Waals surface area contributed by atoms with Crippen LogP contribution in [0.3, 0.4) is 0 Å². The molecule has 0 saturated heterocycles. The Morgan fingerprint density at radius 2 is 2.31 bits per heavy atom. The number of carbonyl (C=O) groups excluding carboxylic acids is 2. The lowest BCUT2D eigenvalue weighted by Gasteiger charge is -2.26. The second-order valence-electron chi connectivity index (χ2n) is 2.88. The molecule has 0 fully saturated rings. The number of allylic oxidation sites excluding steroid dienone is 1. The summed E-state index contributed by atoms with van der Waals surface area (Å²) in [4.78, 5) is 23.0. The van der Waals surface area contributed by atoms with Crippen LogP contribution in [0.4, 0.5) is 0 Å².